The number of amides is 1. The third-order valence-corrected chi connectivity index (χ3v) is 5.31. The molecule has 2 aromatic heterocycles. The van der Waals surface area contributed by atoms with Gasteiger partial charge in [0, 0.05) is 50.3 Å². The van der Waals surface area contributed by atoms with Crippen molar-refractivity contribution in [3.05, 3.63) is 77.6 Å². The lowest BCUT2D eigenvalue weighted by molar-refractivity contribution is 0.0700. The van der Waals surface area contributed by atoms with E-state index in [9.17, 15) is 9.90 Å². The first kappa shape index (κ1) is 18.2. The first-order valence-electron chi connectivity index (χ1n) is 9.60. The quantitative estimate of drug-likeness (QED) is 0.758. The van der Waals surface area contributed by atoms with Gasteiger partial charge in [0.05, 0.1) is 5.56 Å². The molecule has 1 aromatic carbocycles. The van der Waals surface area contributed by atoms with Crippen LogP contribution in [0.15, 0.2) is 55.1 Å². The topological polar surface area (TPSA) is 71.2 Å². The average Bonchev–Trinajstić information content (AvgIpc) is 3.16. The van der Waals surface area contributed by atoms with Gasteiger partial charge < -0.3 is 14.6 Å². The lowest BCUT2D eigenvalue weighted by atomic mass is 9.96. The summed E-state index contributed by atoms with van der Waals surface area (Å²) < 4.78 is 2.15. The molecule has 0 saturated carbocycles. The maximum absolute atomic E-state index is 13.0. The number of piperidine rings is 1. The number of rotatable bonds is 4. The van der Waals surface area contributed by atoms with E-state index in [1.54, 1.807) is 24.5 Å². The van der Waals surface area contributed by atoms with Crippen LogP contribution in [0.5, 0.6) is 5.75 Å². The average molecular weight is 376 g/mol. The fourth-order valence-corrected chi connectivity index (χ4v) is 3.86. The first-order valence-corrected chi connectivity index (χ1v) is 9.60. The molecule has 144 valence electrons. The normalized spacial score (nSPS) is 16.9. The highest BCUT2D eigenvalue weighted by molar-refractivity contribution is 5.97. The number of nitrogens with zero attached hydrogens (tertiary/aromatic N) is 4. The van der Waals surface area contributed by atoms with Crippen molar-refractivity contribution in [1.82, 2.24) is 19.4 Å². The molecular weight excluding hydrogens is 352 g/mol. The Hall–Kier alpha value is -3.15. The number of hydrogen-bond donors (Lipinski definition) is 1. The highest BCUT2D eigenvalue weighted by Crippen LogP contribution is 2.29. The number of aryl methyl sites for hydroxylation is 1. The van der Waals surface area contributed by atoms with Crippen LogP contribution in [0.25, 0.3) is 0 Å². The number of carbonyl (C=O) groups is 1. The van der Waals surface area contributed by atoms with Crippen LogP contribution in [-0.4, -0.2) is 43.5 Å². The van der Waals surface area contributed by atoms with Crippen LogP contribution in [0.4, 0.5) is 0 Å². The number of aromatic hydroxyl groups is 1. The molecule has 3 heterocycles. The Morgan fingerprint density at radius 1 is 1.21 bits per heavy atom. The van der Waals surface area contributed by atoms with E-state index in [0.29, 0.717) is 18.7 Å². The number of carbonyl (C=O) groups excluding carboxylic acids is 1. The van der Waals surface area contributed by atoms with E-state index >= 15 is 0 Å². The molecule has 3 aromatic rings. The minimum absolute atomic E-state index is 0.0475. The molecule has 0 spiro atoms. The number of likely N-dealkylation sites (tertiary alicyclic amines) is 1. The predicted octanol–water partition coefficient (Wildman–Crippen LogP) is 3.36. The highest BCUT2D eigenvalue weighted by Gasteiger charge is 2.29. The zero-order chi connectivity index (χ0) is 19.5. The van der Waals surface area contributed by atoms with Crippen LogP contribution in [0.2, 0.25) is 0 Å². The number of imidazole rings is 1. The number of aromatic nitrogens is 3. The van der Waals surface area contributed by atoms with Crippen LogP contribution in [-0.2, 0) is 6.54 Å². The van der Waals surface area contributed by atoms with E-state index in [0.717, 1.165) is 30.8 Å². The molecule has 28 heavy (non-hydrogen) atoms. The van der Waals surface area contributed by atoms with Gasteiger partial charge in [-0.1, -0.05) is 6.07 Å². The van der Waals surface area contributed by atoms with Gasteiger partial charge >= 0.3 is 0 Å². The number of hydrogen-bond acceptors (Lipinski definition) is 4. The van der Waals surface area contributed by atoms with Crippen LogP contribution in [0.3, 0.4) is 0 Å². The lowest BCUT2D eigenvalue weighted by Gasteiger charge is -2.33. The smallest absolute Gasteiger partial charge is 0.257 e. The largest absolute Gasteiger partial charge is 0.507 e. The molecule has 0 radical (unpaired) electrons. The fraction of sp³-hybridized carbons (Fsp3) is 0.318. The Labute approximate surface area is 164 Å². The molecule has 0 aliphatic carbocycles. The van der Waals surface area contributed by atoms with Gasteiger partial charge in [-0.25, -0.2) is 4.98 Å². The van der Waals surface area contributed by atoms with E-state index in [4.69, 9.17) is 0 Å². The van der Waals surface area contributed by atoms with Crippen molar-refractivity contribution in [1.29, 1.82) is 0 Å². The number of phenolic OH excluding ortho intramolecular Hbond substituents is 1. The van der Waals surface area contributed by atoms with Crippen molar-refractivity contribution < 1.29 is 9.90 Å². The molecule has 0 unspecified atom stereocenters. The standard InChI is InChI=1S/C22H24N4O2/c1-16-4-5-19(20(27)13-16)22(28)26-11-2-3-18(15-26)21-24-10-12-25(21)14-17-6-8-23-9-7-17/h4-10,12-13,18,27H,2-3,11,14-15H2,1H3/t18-/m1/s1. The molecule has 1 fully saturated rings. The van der Waals surface area contributed by atoms with Gasteiger partial charge in [0.2, 0.25) is 0 Å². The minimum atomic E-state index is -0.116. The van der Waals surface area contributed by atoms with Crippen molar-refractivity contribution in [2.75, 3.05) is 13.1 Å². The summed E-state index contributed by atoms with van der Waals surface area (Å²) in [5.74, 6) is 1.12. The highest BCUT2D eigenvalue weighted by atomic mass is 16.3. The third-order valence-electron chi connectivity index (χ3n) is 5.31. The molecular formula is C22H24N4O2. The summed E-state index contributed by atoms with van der Waals surface area (Å²) >= 11 is 0. The summed E-state index contributed by atoms with van der Waals surface area (Å²) in [5, 5.41) is 10.2. The van der Waals surface area contributed by atoms with Gasteiger partial charge in [0.25, 0.3) is 5.91 Å². The van der Waals surface area contributed by atoms with Gasteiger partial charge in [0.15, 0.2) is 0 Å². The van der Waals surface area contributed by atoms with E-state index in [2.05, 4.69) is 14.5 Å². The SMILES string of the molecule is Cc1ccc(C(=O)N2CCC[C@@H](c3nccn3Cc3ccncc3)C2)c(O)c1. The molecule has 1 aliphatic heterocycles. The van der Waals surface area contributed by atoms with Crippen molar-refractivity contribution >= 4 is 5.91 Å². The van der Waals surface area contributed by atoms with Crippen molar-refractivity contribution in [3.8, 4) is 5.75 Å². The van der Waals surface area contributed by atoms with Crippen LogP contribution in [0, 0.1) is 6.92 Å². The molecule has 1 aliphatic rings. The Kier molecular flexibility index (Phi) is 5.10. The van der Waals surface area contributed by atoms with Crippen molar-refractivity contribution in [2.45, 2.75) is 32.2 Å². The van der Waals surface area contributed by atoms with Crippen LogP contribution >= 0.6 is 0 Å². The molecule has 1 N–H and O–H groups in total. The van der Waals surface area contributed by atoms with Gasteiger partial charge in [0.1, 0.15) is 11.6 Å². The summed E-state index contributed by atoms with van der Waals surface area (Å²) in [6, 6.07) is 9.20. The maximum Gasteiger partial charge on any atom is 0.257 e. The zero-order valence-corrected chi connectivity index (χ0v) is 16.0. The second-order valence-corrected chi connectivity index (χ2v) is 7.38. The van der Waals surface area contributed by atoms with Crippen LogP contribution < -0.4 is 0 Å². The third kappa shape index (κ3) is 3.76. The van der Waals surface area contributed by atoms with Crippen molar-refractivity contribution in [3.63, 3.8) is 0 Å². The Bertz CT molecular complexity index is 968. The minimum Gasteiger partial charge on any atom is -0.507 e. The summed E-state index contributed by atoms with van der Waals surface area (Å²) in [4.78, 5) is 23.5. The number of phenols is 1. The first-order chi connectivity index (χ1) is 13.6. The summed E-state index contributed by atoms with van der Waals surface area (Å²) in [7, 11) is 0. The molecule has 1 amide bonds. The van der Waals surface area contributed by atoms with Gasteiger partial charge in [-0.15, -0.1) is 0 Å². The summed E-state index contributed by atoms with van der Waals surface area (Å²) in [6.45, 7) is 3.95. The van der Waals surface area contributed by atoms with Crippen LogP contribution in [0.1, 0.15) is 46.1 Å². The Morgan fingerprint density at radius 2 is 2.04 bits per heavy atom. The number of pyridine rings is 1. The van der Waals surface area contributed by atoms with Crippen molar-refractivity contribution in [2.24, 2.45) is 0 Å². The van der Waals surface area contributed by atoms with E-state index in [1.807, 2.05) is 42.4 Å². The molecule has 6 heteroatoms. The maximum atomic E-state index is 13.0. The van der Waals surface area contributed by atoms with E-state index in [-0.39, 0.29) is 17.6 Å². The predicted molar refractivity (Wildman–Crippen MR) is 106 cm³/mol. The Balaban J connectivity index is 1.52. The van der Waals surface area contributed by atoms with E-state index < -0.39 is 0 Å². The monoisotopic (exact) mass is 376 g/mol. The van der Waals surface area contributed by atoms with E-state index in [1.165, 1.54) is 5.56 Å². The zero-order valence-electron chi connectivity index (χ0n) is 16.0. The fourth-order valence-electron chi connectivity index (χ4n) is 3.86. The molecule has 1 atom stereocenters. The Morgan fingerprint density at radius 3 is 2.82 bits per heavy atom. The van der Waals surface area contributed by atoms with Gasteiger partial charge in [-0.3, -0.25) is 9.78 Å². The molecule has 0 bridgehead atoms. The summed E-state index contributed by atoms with van der Waals surface area (Å²) in [5.41, 5.74) is 2.47. The second kappa shape index (κ2) is 7.84. The molecule has 6 nitrogen and oxygen atoms in total. The molecule has 4 rings (SSSR count). The second-order valence-electron chi connectivity index (χ2n) is 7.38. The summed E-state index contributed by atoms with van der Waals surface area (Å²) in [6.07, 6.45) is 9.32. The molecule has 1 saturated heterocycles. The number of benzene rings is 1. The lowest BCUT2D eigenvalue weighted by Crippen LogP contribution is -2.39. The van der Waals surface area contributed by atoms with Gasteiger partial charge in [-0.2, -0.15) is 0 Å². The van der Waals surface area contributed by atoms with Gasteiger partial charge in [-0.05, 0) is 55.2 Å².